The van der Waals surface area contributed by atoms with Gasteiger partial charge in [0.15, 0.2) is 0 Å². The van der Waals surface area contributed by atoms with E-state index in [9.17, 15) is 4.79 Å². The lowest BCUT2D eigenvalue weighted by Gasteiger charge is -2.16. The Morgan fingerprint density at radius 3 is 2.74 bits per heavy atom. The van der Waals surface area contributed by atoms with Crippen molar-refractivity contribution in [3.05, 3.63) is 28.8 Å². The van der Waals surface area contributed by atoms with Crippen molar-refractivity contribution in [2.24, 2.45) is 0 Å². The molecule has 0 amide bonds. The maximum atomic E-state index is 11.5. The van der Waals surface area contributed by atoms with E-state index in [1.807, 2.05) is 13.0 Å². The molecular formula is C15H22ClNO2. The van der Waals surface area contributed by atoms with Crippen molar-refractivity contribution in [2.45, 2.75) is 45.4 Å². The van der Waals surface area contributed by atoms with Gasteiger partial charge in [-0.15, -0.1) is 12.4 Å². The number of hydrogen-bond acceptors (Lipinski definition) is 3. The zero-order chi connectivity index (χ0) is 13.1. The van der Waals surface area contributed by atoms with E-state index in [1.165, 1.54) is 23.1 Å². The Labute approximate surface area is 120 Å². The molecule has 106 valence electrons. The fourth-order valence-corrected chi connectivity index (χ4v) is 2.80. The van der Waals surface area contributed by atoms with E-state index in [2.05, 4.69) is 13.0 Å². The first-order chi connectivity index (χ1) is 8.63. The predicted molar refractivity (Wildman–Crippen MR) is 79.8 cm³/mol. The van der Waals surface area contributed by atoms with Crippen LogP contribution in [0.2, 0.25) is 0 Å². The fourth-order valence-electron chi connectivity index (χ4n) is 2.80. The van der Waals surface area contributed by atoms with Crippen LogP contribution in [0.3, 0.4) is 0 Å². The zero-order valence-corrected chi connectivity index (χ0v) is 12.4. The number of ether oxygens (including phenoxy) is 1. The molecule has 2 N–H and O–H groups in total. The van der Waals surface area contributed by atoms with E-state index >= 15 is 0 Å². The molecule has 1 aliphatic rings. The molecule has 1 aromatic rings. The molecule has 4 heteroatoms. The molecule has 19 heavy (non-hydrogen) atoms. The summed E-state index contributed by atoms with van der Waals surface area (Å²) in [5.41, 5.74) is 10.8. The maximum absolute atomic E-state index is 11.5. The molecule has 1 aromatic carbocycles. The normalized spacial score (nSPS) is 14.4. The number of carbonyl (C=O) groups is 1. The van der Waals surface area contributed by atoms with Crippen LogP contribution in [0.25, 0.3) is 0 Å². The number of anilines is 1. The largest absolute Gasteiger partial charge is 0.466 e. The minimum atomic E-state index is -0.117. The molecule has 1 unspecified atom stereocenters. The quantitative estimate of drug-likeness (QED) is 0.682. The van der Waals surface area contributed by atoms with E-state index < -0.39 is 0 Å². The smallest absolute Gasteiger partial charge is 0.306 e. The minimum absolute atomic E-state index is 0. The Morgan fingerprint density at radius 1 is 1.37 bits per heavy atom. The second kappa shape index (κ2) is 6.80. The molecule has 0 heterocycles. The van der Waals surface area contributed by atoms with Gasteiger partial charge in [0.05, 0.1) is 13.0 Å². The average molecular weight is 284 g/mol. The molecule has 0 aliphatic heterocycles. The number of nitrogen functional groups attached to an aromatic ring is 1. The molecule has 1 atom stereocenters. The number of halogens is 1. The standard InChI is InChI=1S/C15H21NO2.ClH/c1-3-18-15(17)9-10(2)11-7-8-14(16)13-6-4-5-12(11)13;/h7-8,10H,3-6,9,16H2,1-2H3;1H. The highest BCUT2D eigenvalue weighted by atomic mass is 35.5. The van der Waals surface area contributed by atoms with Crippen molar-refractivity contribution in [3.63, 3.8) is 0 Å². The number of rotatable bonds is 4. The van der Waals surface area contributed by atoms with Crippen molar-refractivity contribution < 1.29 is 9.53 Å². The van der Waals surface area contributed by atoms with Gasteiger partial charge in [-0.2, -0.15) is 0 Å². The Hall–Kier alpha value is -1.22. The summed E-state index contributed by atoms with van der Waals surface area (Å²) in [6.45, 7) is 4.37. The molecular weight excluding hydrogens is 262 g/mol. The van der Waals surface area contributed by atoms with Crippen LogP contribution in [0.15, 0.2) is 12.1 Å². The summed E-state index contributed by atoms with van der Waals surface area (Å²) in [5.74, 6) is 0.0880. The number of hydrogen-bond donors (Lipinski definition) is 1. The summed E-state index contributed by atoms with van der Waals surface area (Å²) in [4.78, 5) is 11.5. The molecule has 2 rings (SSSR count). The van der Waals surface area contributed by atoms with Gasteiger partial charge in [0.1, 0.15) is 0 Å². The van der Waals surface area contributed by atoms with E-state index in [1.54, 1.807) is 0 Å². The first-order valence-corrected chi connectivity index (χ1v) is 6.69. The third-order valence-corrected chi connectivity index (χ3v) is 3.67. The summed E-state index contributed by atoms with van der Waals surface area (Å²) in [5, 5.41) is 0. The first-order valence-electron chi connectivity index (χ1n) is 6.69. The van der Waals surface area contributed by atoms with E-state index in [0.717, 1.165) is 18.5 Å². The monoisotopic (exact) mass is 283 g/mol. The van der Waals surface area contributed by atoms with Gasteiger partial charge in [-0.1, -0.05) is 13.0 Å². The van der Waals surface area contributed by atoms with Gasteiger partial charge < -0.3 is 10.5 Å². The topological polar surface area (TPSA) is 52.3 Å². The molecule has 0 radical (unpaired) electrons. The molecule has 3 nitrogen and oxygen atoms in total. The molecule has 0 bridgehead atoms. The van der Waals surface area contributed by atoms with Crippen LogP contribution < -0.4 is 5.73 Å². The second-order valence-corrected chi connectivity index (χ2v) is 4.96. The highest BCUT2D eigenvalue weighted by Gasteiger charge is 2.21. The third kappa shape index (κ3) is 3.41. The van der Waals surface area contributed by atoms with Gasteiger partial charge in [-0.05, 0) is 54.9 Å². The lowest BCUT2D eigenvalue weighted by atomic mass is 9.90. The summed E-state index contributed by atoms with van der Waals surface area (Å²) in [6.07, 6.45) is 3.77. The van der Waals surface area contributed by atoms with Crippen molar-refractivity contribution in [2.75, 3.05) is 12.3 Å². The van der Waals surface area contributed by atoms with Crippen LogP contribution in [-0.2, 0) is 22.4 Å². The Morgan fingerprint density at radius 2 is 2.05 bits per heavy atom. The van der Waals surface area contributed by atoms with Crippen LogP contribution in [0.1, 0.15) is 49.3 Å². The average Bonchev–Trinajstić information content (AvgIpc) is 2.79. The van der Waals surface area contributed by atoms with Gasteiger partial charge in [0.25, 0.3) is 0 Å². The molecule has 0 aromatic heterocycles. The lowest BCUT2D eigenvalue weighted by molar-refractivity contribution is -0.143. The first kappa shape index (κ1) is 15.8. The number of carbonyl (C=O) groups excluding carboxylic acids is 1. The fraction of sp³-hybridized carbons (Fsp3) is 0.533. The predicted octanol–water partition coefficient (Wildman–Crippen LogP) is 3.24. The lowest BCUT2D eigenvalue weighted by Crippen LogP contribution is -2.10. The summed E-state index contributed by atoms with van der Waals surface area (Å²) < 4.78 is 5.01. The molecule has 1 aliphatic carbocycles. The number of esters is 1. The number of benzene rings is 1. The van der Waals surface area contributed by atoms with E-state index in [4.69, 9.17) is 10.5 Å². The van der Waals surface area contributed by atoms with Crippen LogP contribution in [-0.4, -0.2) is 12.6 Å². The van der Waals surface area contributed by atoms with Gasteiger partial charge in [-0.3, -0.25) is 4.79 Å². The summed E-state index contributed by atoms with van der Waals surface area (Å²) in [7, 11) is 0. The Balaban J connectivity index is 0.00000180. The van der Waals surface area contributed by atoms with Crippen molar-refractivity contribution in [1.82, 2.24) is 0 Å². The molecule has 0 saturated heterocycles. The summed E-state index contributed by atoms with van der Waals surface area (Å²) >= 11 is 0. The van der Waals surface area contributed by atoms with Crippen molar-refractivity contribution >= 4 is 24.1 Å². The highest BCUT2D eigenvalue weighted by Crippen LogP contribution is 2.34. The van der Waals surface area contributed by atoms with Crippen LogP contribution >= 0.6 is 12.4 Å². The summed E-state index contributed by atoms with van der Waals surface area (Å²) in [6, 6.07) is 4.05. The second-order valence-electron chi connectivity index (χ2n) is 4.96. The zero-order valence-electron chi connectivity index (χ0n) is 11.6. The van der Waals surface area contributed by atoms with Crippen molar-refractivity contribution in [3.8, 4) is 0 Å². The van der Waals surface area contributed by atoms with E-state index in [-0.39, 0.29) is 24.3 Å². The molecule has 0 spiro atoms. The van der Waals surface area contributed by atoms with Crippen molar-refractivity contribution in [1.29, 1.82) is 0 Å². The highest BCUT2D eigenvalue weighted by molar-refractivity contribution is 5.85. The Kier molecular flexibility index (Phi) is 5.67. The molecule has 0 saturated carbocycles. The van der Waals surface area contributed by atoms with Crippen LogP contribution in [0, 0.1) is 0 Å². The van der Waals surface area contributed by atoms with Gasteiger partial charge in [-0.25, -0.2) is 0 Å². The van der Waals surface area contributed by atoms with Crippen LogP contribution in [0.4, 0.5) is 5.69 Å². The van der Waals surface area contributed by atoms with Gasteiger partial charge in [0, 0.05) is 5.69 Å². The maximum Gasteiger partial charge on any atom is 0.306 e. The number of nitrogens with two attached hydrogens (primary N) is 1. The van der Waals surface area contributed by atoms with E-state index in [0.29, 0.717) is 13.0 Å². The van der Waals surface area contributed by atoms with Crippen LogP contribution in [0.5, 0.6) is 0 Å². The molecule has 0 fully saturated rings. The van der Waals surface area contributed by atoms with Gasteiger partial charge >= 0.3 is 5.97 Å². The third-order valence-electron chi connectivity index (χ3n) is 3.67. The SMILES string of the molecule is CCOC(=O)CC(C)c1ccc(N)c2c1CCC2.Cl. The minimum Gasteiger partial charge on any atom is -0.466 e. The number of fused-ring (bicyclic) bond motifs is 1. The van der Waals surface area contributed by atoms with Gasteiger partial charge in [0.2, 0.25) is 0 Å². The Bertz CT molecular complexity index is 460.